The molecule has 0 amide bonds. The Morgan fingerprint density at radius 1 is 1.16 bits per heavy atom. The average molecular weight is 274 g/mol. The third-order valence-corrected chi connectivity index (χ3v) is 3.71. The van der Waals surface area contributed by atoms with Crippen LogP contribution in [0.3, 0.4) is 0 Å². The van der Waals surface area contributed by atoms with Crippen molar-refractivity contribution in [3.05, 3.63) is 46.2 Å². The molecule has 0 aliphatic carbocycles. The molecule has 1 aromatic carbocycles. The Morgan fingerprint density at radius 2 is 1.95 bits per heavy atom. The second-order valence-corrected chi connectivity index (χ2v) is 5.50. The van der Waals surface area contributed by atoms with Gasteiger partial charge in [-0.1, -0.05) is 37.6 Å². The minimum absolute atomic E-state index is 0.387. The molecule has 1 aromatic heterocycles. The summed E-state index contributed by atoms with van der Waals surface area (Å²) in [6.45, 7) is 6.01. The molecule has 1 aliphatic heterocycles. The third kappa shape index (κ3) is 2.24. The zero-order chi connectivity index (χ0) is 13.4. The van der Waals surface area contributed by atoms with Gasteiger partial charge >= 0.3 is 0 Å². The fourth-order valence-electron chi connectivity index (χ4n) is 2.43. The van der Waals surface area contributed by atoms with Crippen molar-refractivity contribution in [2.24, 2.45) is 0 Å². The molecular weight excluding hydrogens is 258 g/mol. The Morgan fingerprint density at radius 3 is 2.68 bits per heavy atom. The highest BCUT2D eigenvalue weighted by Gasteiger charge is 2.21. The molecule has 2 heterocycles. The van der Waals surface area contributed by atoms with E-state index in [1.54, 1.807) is 0 Å². The van der Waals surface area contributed by atoms with Gasteiger partial charge in [-0.3, -0.25) is 0 Å². The number of nitrogens with one attached hydrogen (secondary N) is 1. The molecule has 0 atom stereocenters. The topological polar surface area (TPSA) is 37.8 Å². The summed E-state index contributed by atoms with van der Waals surface area (Å²) in [6, 6.07) is 7.73. The van der Waals surface area contributed by atoms with Crippen molar-refractivity contribution >= 4 is 11.6 Å². The highest BCUT2D eigenvalue weighted by Crippen LogP contribution is 2.29. The van der Waals surface area contributed by atoms with Crippen LogP contribution >= 0.6 is 11.6 Å². The molecule has 0 bridgehead atoms. The minimum atomic E-state index is 0.387. The summed E-state index contributed by atoms with van der Waals surface area (Å²) in [5.41, 5.74) is 4.39. The molecular formula is C15H16ClN3. The van der Waals surface area contributed by atoms with Crippen molar-refractivity contribution < 1.29 is 0 Å². The molecule has 0 fully saturated rings. The third-order valence-electron chi connectivity index (χ3n) is 3.38. The number of fused-ring (bicyclic) bond motifs is 1. The fraction of sp³-hybridized carbons (Fsp3) is 0.333. The minimum Gasteiger partial charge on any atom is -0.307 e. The number of aromatic nitrogens is 2. The van der Waals surface area contributed by atoms with E-state index < -0.39 is 0 Å². The lowest BCUT2D eigenvalue weighted by Crippen LogP contribution is -2.05. The summed E-state index contributed by atoms with van der Waals surface area (Å²) in [5.74, 6) is 1.12. The van der Waals surface area contributed by atoms with Gasteiger partial charge in [-0.25, -0.2) is 9.97 Å². The van der Waals surface area contributed by atoms with Crippen molar-refractivity contribution in [1.82, 2.24) is 15.3 Å². The Hall–Kier alpha value is -1.45. The standard InChI is InChI=1S/C15H16ClN3/c1-9(2)14-11-7-17-8-13(11)18-15(19-14)10-5-3-4-6-12(10)16/h3-6,9,17H,7-8H2,1-2H3. The van der Waals surface area contributed by atoms with Crippen LogP contribution in [0.25, 0.3) is 11.4 Å². The first kappa shape index (κ1) is 12.6. The molecule has 1 aliphatic rings. The van der Waals surface area contributed by atoms with Gasteiger partial charge in [0.15, 0.2) is 5.82 Å². The lowest BCUT2D eigenvalue weighted by atomic mass is 10.0. The molecule has 0 radical (unpaired) electrons. The predicted molar refractivity (Wildman–Crippen MR) is 77.1 cm³/mol. The quantitative estimate of drug-likeness (QED) is 0.910. The van der Waals surface area contributed by atoms with E-state index in [1.165, 1.54) is 5.56 Å². The van der Waals surface area contributed by atoms with E-state index in [9.17, 15) is 0 Å². The van der Waals surface area contributed by atoms with Gasteiger partial charge < -0.3 is 5.32 Å². The second-order valence-electron chi connectivity index (χ2n) is 5.10. The summed E-state index contributed by atoms with van der Waals surface area (Å²) < 4.78 is 0. The summed E-state index contributed by atoms with van der Waals surface area (Å²) in [7, 11) is 0. The van der Waals surface area contributed by atoms with Crippen LogP contribution < -0.4 is 5.32 Å². The average Bonchev–Trinajstić information content (AvgIpc) is 2.86. The van der Waals surface area contributed by atoms with Crippen molar-refractivity contribution in [3.8, 4) is 11.4 Å². The van der Waals surface area contributed by atoms with Crippen molar-refractivity contribution in [3.63, 3.8) is 0 Å². The van der Waals surface area contributed by atoms with Crippen LogP contribution in [0.1, 0.15) is 36.7 Å². The van der Waals surface area contributed by atoms with Gasteiger partial charge in [-0.05, 0) is 18.1 Å². The maximum absolute atomic E-state index is 6.25. The lowest BCUT2D eigenvalue weighted by molar-refractivity contribution is 0.746. The van der Waals surface area contributed by atoms with E-state index in [2.05, 4.69) is 24.1 Å². The maximum Gasteiger partial charge on any atom is 0.161 e. The highest BCUT2D eigenvalue weighted by atomic mass is 35.5. The monoisotopic (exact) mass is 273 g/mol. The largest absolute Gasteiger partial charge is 0.307 e. The fourth-order valence-corrected chi connectivity index (χ4v) is 2.66. The number of halogens is 1. The molecule has 1 N–H and O–H groups in total. The van der Waals surface area contributed by atoms with E-state index in [0.29, 0.717) is 10.9 Å². The number of hydrogen-bond acceptors (Lipinski definition) is 3. The molecule has 4 heteroatoms. The zero-order valence-electron chi connectivity index (χ0n) is 11.1. The Balaban J connectivity index is 2.19. The summed E-state index contributed by atoms with van der Waals surface area (Å²) >= 11 is 6.25. The van der Waals surface area contributed by atoms with Crippen LogP contribution in [0.4, 0.5) is 0 Å². The van der Waals surface area contributed by atoms with E-state index in [4.69, 9.17) is 16.6 Å². The Bertz CT molecular complexity index is 623. The summed E-state index contributed by atoms with van der Waals surface area (Å²) in [4.78, 5) is 9.41. The molecule has 0 saturated carbocycles. The summed E-state index contributed by atoms with van der Waals surface area (Å²) in [5, 5.41) is 4.04. The number of nitrogens with zero attached hydrogens (tertiary/aromatic N) is 2. The second kappa shape index (κ2) is 4.91. The van der Waals surface area contributed by atoms with Crippen molar-refractivity contribution in [2.75, 3.05) is 0 Å². The van der Waals surface area contributed by atoms with E-state index in [0.717, 1.165) is 35.9 Å². The molecule has 0 spiro atoms. The molecule has 98 valence electrons. The van der Waals surface area contributed by atoms with Gasteiger partial charge in [-0.15, -0.1) is 0 Å². The van der Waals surface area contributed by atoms with E-state index in [1.807, 2.05) is 24.3 Å². The van der Waals surface area contributed by atoms with Crippen molar-refractivity contribution in [1.29, 1.82) is 0 Å². The number of benzene rings is 1. The van der Waals surface area contributed by atoms with Gasteiger partial charge in [0.25, 0.3) is 0 Å². The molecule has 0 unspecified atom stereocenters. The van der Waals surface area contributed by atoms with Gasteiger partial charge in [0.1, 0.15) is 0 Å². The molecule has 3 rings (SSSR count). The smallest absolute Gasteiger partial charge is 0.161 e. The normalized spacial score (nSPS) is 13.9. The van der Waals surface area contributed by atoms with Crippen LogP contribution in [0.2, 0.25) is 5.02 Å². The lowest BCUT2D eigenvalue weighted by Gasteiger charge is -2.12. The predicted octanol–water partition coefficient (Wildman–Crippen LogP) is 3.52. The summed E-state index contributed by atoms with van der Waals surface area (Å²) in [6.07, 6.45) is 0. The molecule has 2 aromatic rings. The Kier molecular flexibility index (Phi) is 3.25. The zero-order valence-corrected chi connectivity index (χ0v) is 11.8. The highest BCUT2D eigenvalue weighted by molar-refractivity contribution is 6.33. The molecule has 3 nitrogen and oxygen atoms in total. The van der Waals surface area contributed by atoms with Gasteiger partial charge in [0, 0.05) is 24.2 Å². The number of rotatable bonds is 2. The maximum atomic E-state index is 6.25. The first-order valence-electron chi connectivity index (χ1n) is 6.52. The Labute approximate surface area is 118 Å². The van der Waals surface area contributed by atoms with E-state index in [-0.39, 0.29) is 0 Å². The van der Waals surface area contributed by atoms with Crippen LogP contribution in [0.5, 0.6) is 0 Å². The SMILES string of the molecule is CC(C)c1nc(-c2ccccc2Cl)nc2c1CNC2. The van der Waals surface area contributed by atoms with Crippen LogP contribution in [0, 0.1) is 0 Å². The molecule has 19 heavy (non-hydrogen) atoms. The van der Waals surface area contributed by atoms with E-state index >= 15 is 0 Å². The van der Waals surface area contributed by atoms with Gasteiger partial charge in [0.05, 0.1) is 16.4 Å². The van der Waals surface area contributed by atoms with Crippen LogP contribution in [-0.4, -0.2) is 9.97 Å². The van der Waals surface area contributed by atoms with Crippen LogP contribution in [-0.2, 0) is 13.1 Å². The van der Waals surface area contributed by atoms with Gasteiger partial charge in [0.2, 0.25) is 0 Å². The van der Waals surface area contributed by atoms with Crippen molar-refractivity contribution in [2.45, 2.75) is 32.9 Å². The number of hydrogen-bond donors (Lipinski definition) is 1. The van der Waals surface area contributed by atoms with Gasteiger partial charge in [-0.2, -0.15) is 0 Å². The first-order chi connectivity index (χ1) is 9.16. The molecule has 0 saturated heterocycles. The van der Waals surface area contributed by atoms with Crippen LogP contribution in [0.15, 0.2) is 24.3 Å². The first-order valence-corrected chi connectivity index (χ1v) is 6.90.